The van der Waals surface area contributed by atoms with Crippen LogP contribution in [0.2, 0.25) is 0 Å². The highest BCUT2D eigenvalue weighted by Crippen LogP contribution is 2.55. The summed E-state index contributed by atoms with van der Waals surface area (Å²) < 4.78 is 6.27. The fraction of sp³-hybridized carbons (Fsp3) is 0.111. The molecular weight excluding hydrogens is 679 g/mol. The van der Waals surface area contributed by atoms with Gasteiger partial charge in [0.2, 0.25) is 0 Å². The fourth-order valence-electron chi connectivity index (χ4n) is 9.86. The average Bonchev–Trinajstić information content (AvgIpc) is 3.81. The Morgan fingerprint density at radius 2 is 0.982 bits per heavy atom. The molecule has 11 rings (SSSR count). The summed E-state index contributed by atoms with van der Waals surface area (Å²) in [6.07, 6.45) is 0. The summed E-state index contributed by atoms with van der Waals surface area (Å²) >= 11 is 0. The number of benzene rings is 8. The molecule has 9 aromatic rings. The van der Waals surface area contributed by atoms with Crippen molar-refractivity contribution in [2.24, 2.45) is 0 Å². The largest absolute Gasteiger partial charge is 0.456 e. The van der Waals surface area contributed by atoms with Crippen molar-refractivity contribution >= 4 is 39.0 Å². The van der Waals surface area contributed by atoms with Crippen LogP contribution in [0.1, 0.15) is 49.9 Å². The Labute approximate surface area is 328 Å². The summed E-state index contributed by atoms with van der Waals surface area (Å²) in [7, 11) is 0. The van der Waals surface area contributed by atoms with Gasteiger partial charge in [-0.3, -0.25) is 0 Å². The topological polar surface area (TPSA) is 16.4 Å². The van der Waals surface area contributed by atoms with E-state index in [0.717, 1.165) is 38.9 Å². The highest BCUT2D eigenvalue weighted by atomic mass is 16.3. The molecule has 0 amide bonds. The van der Waals surface area contributed by atoms with Crippen molar-refractivity contribution in [3.8, 4) is 44.5 Å². The summed E-state index contributed by atoms with van der Waals surface area (Å²) in [5.41, 5.74) is 20.6. The van der Waals surface area contributed by atoms with Gasteiger partial charge in [-0.25, -0.2) is 0 Å². The first-order valence-corrected chi connectivity index (χ1v) is 19.7. The zero-order valence-corrected chi connectivity index (χ0v) is 32.1. The van der Waals surface area contributed by atoms with Crippen LogP contribution in [0.15, 0.2) is 180 Å². The number of nitrogens with zero attached hydrogens (tertiary/aromatic N) is 1. The zero-order chi connectivity index (χ0) is 37.8. The Morgan fingerprint density at radius 1 is 0.393 bits per heavy atom. The summed E-state index contributed by atoms with van der Waals surface area (Å²) in [6.45, 7) is 9.42. The molecule has 2 nitrogen and oxygen atoms in total. The van der Waals surface area contributed by atoms with Gasteiger partial charge in [0.15, 0.2) is 0 Å². The van der Waals surface area contributed by atoms with E-state index in [4.69, 9.17) is 4.42 Å². The number of furan rings is 1. The van der Waals surface area contributed by atoms with E-state index in [-0.39, 0.29) is 10.8 Å². The van der Waals surface area contributed by atoms with Gasteiger partial charge in [-0.15, -0.1) is 0 Å². The van der Waals surface area contributed by atoms with Gasteiger partial charge in [0, 0.05) is 38.5 Å². The molecule has 0 fully saturated rings. The normalized spacial score (nSPS) is 14.4. The van der Waals surface area contributed by atoms with E-state index in [1.807, 2.05) is 6.07 Å². The summed E-state index contributed by atoms with van der Waals surface area (Å²) in [6, 6.07) is 64.6. The molecule has 0 atom stereocenters. The Morgan fingerprint density at radius 3 is 1.82 bits per heavy atom. The van der Waals surface area contributed by atoms with Crippen molar-refractivity contribution < 1.29 is 4.42 Å². The Kier molecular flexibility index (Phi) is 6.98. The highest BCUT2D eigenvalue weighted by Gasteiger charge is 2.38. The van der Waals surface area contributed by atoms with Crippen molar-refractivity contribution in [2.45, 2.75) is 38.5 Å². The third kappa shape index (κ3) is 4.69. The molecule has 2 aliphatic rings. The first-order chi connectivity index (χ1) is 27.3. The van der Waals surface area contributed by atoms with Gasteiger partial charge >= 0.3 is 0 Å². The summed E-state index contributed by atoms with van der Waals surface area (Å²) in [5, 5.41) is 2.29. The molecule has 1 aromatic heterocycles. The number of rotatable bonds is 5. The van der Waals surface area contributed by atoms with Crippen LogP contribution in [0, 0.1) is 0 Å². The lowest BCUT2D eigenvalue weighted by Gasteiger charge is -2.29. The molecule has 1 heterocycles. The third-order valence-corrected chi connectivity index (χ3v) is 12.7. The second-order valence-electron chi connectivity index (χ2n) is 16.5. The monoisotopic (exact) mass is 719 g/mol. The van der Waals surface area contributed by atoms with E-state index in [1.54, 1.807) is 0 Å². The van der Waals surface area contributed by atoms with E-state index in [0.29, 0.717) is 0 Å². The van der Waals surface area contributed by atoms with Crippen LogP contribution in [-0.4, -0.2) is 0 Å². The van der Waals surface area contributed by atoms with Gasteiger partial charge in [-0.05, 0) is 110 Å². The lowest BCUT2D eigenvalue weighted by Crippen LogP contribution is -2.16. The second kappa shape index (κ2) is 11.9. The Balaban J connectivity index is 1.08. The number of hydrogen-bond acceptors (Lipinski definition) is 2. The lowest BCUT2D eigenvalue weighted by molar-refractivity contribution is 0.660. The van der Waals surface area contributed by atoms with Crippen molar-refractivity contribution in [3.63, 3.8) is 0 Å². The third-order valence-electron chi connectivity index (χ3n) is 12.7. The molecule has 0 unspecified atom stereocenters. The van der Waals surface area contributed by atoms with Crippen LogP contribution in [0.25, 0.3) is 66.4 Å². The van der Waals surface area contributed by atoms with Gasteiger partial charge in [0.05, 0.1) is 5.69 Å². The molecule has 0 aliphatic heterocycles. The molecule has 0 spiro atoms. The standard InChI is InChI=1S/C54H41NO/c1-53(2)45-21-9-6-17-42(45)52-46(53)22-13-23-48(52)55(37-29-26-34(27-30-37)39-19-12-25-50-51(39)43-18-7-10-24-49(43)56-50)38-15-11-14-35(32-38)36-28-31-41-40-16-5-8-20-44(40)54(3,4)47(41)33-36/h5-33H,1-4H3. The molecule has 56 heavy (non-hydrogen) atoms. The molecule has 2 heteroatoms. The van der Waals surface area contributed by atoms with Crippen molar-refractivity contribution in [1.82, 2.24) is 0 Å². The van der Waals surface area contributed by atoms with Gasteiger partial charge < -0.3 is 9.32 Å². The molecular formula is C54H41NO. The number of fused-ring (bicyclic) bond motifs is 9. The molecule has 8 aromatic carbocycles. The maximum absolute atomic E-state index is 6.27. The van der Waals surface area contributed by atoms with Crippen LogP contribution in [0.3, 0.4) is 0 Å². The van der Waals surface area contributed by atoms with E-state index < -0.39 is 0 Å². The van der Waals surface area contributed by atoms with Crippen LogP contribution in [0.5, 0.6) is 0 Å². The number of hydrogen-bond donors (Lipinski definition) is 0. The van der Waals surface area contributed by atoms with Crippen molar-refractivity contribution in [3.05, 3.63) is 198 Å². The number of anilines is 3. The molecule has 0 saturated heterocycles. The number of para-hydroxylation sites is 1. The molecule has 2 aliphatic carbocycles. The molecule has 268 valence electrons. The fourth-order valence-corrected chi connectivity index (χ4v) is 9.86. The average molecular weight is 720 g/mol. The maximum Gasteiger partial charge on any atom is 0.136 e. The second-order valence-corrected chi connectivity index (χ2v) is 16.5. The minimum absolute atomic E-state index is 0.0643. The first-order valence-electron chi connectivity index (χ1n) is 19.7. The maximum atomic E-state index is 6.27. The van der Waals surface area contributed by atoms with Crippen molar-refractivity contribution in [1.29, 1.82) is 0 Å². The van der Waals surface area contributed by atoms with Gasteiger partial charge in [0.25, 0.3) is 0 Å². The molecule has 0 radical (unpaired) electrons. The first kappa shape index (κ1) is 32.8. The minimum Gasteiger partial charge on any atom is -0.456 e. The van der Waals surface area contributed by atoms with Crippen LogP contribution < -0.4 is 4.90 Å². The minimum atomic E-state index is -0.111. The lowest BCUT2D eigenvalue weighted by atomic mass is 9.81. The molecule has 0 bridgehead atoms. The van der Waals surface area contributed by atoms with Crippen LogP contribution in [-0.2, 0) is 10.8 Å². The van der Waals surface area contributed by atoms with E-state index in [1.165, 1.54) is 66.9 Å². The molecule has 0 N–H and O–H groups in total. The Hall–Kier alpha value is -6.64. The van der Waals surface area contributed by atoms with E-state index in [2.05, 4.69) is 202 Å². The smallest absolute Gasteiger partial charge is 0.136 e. The van der Waals surface area contributed by atoms with E-state index >= 15 is 0 Å². The van der Waals surface area contributed by atoms with Crippen molar-refractivity contribution in [2.75, 3.05) is 4.90 Å². The molecule has 0 saturated carbocycles. The van der Waals surface area contributed by atoms with Crippen LogP contribution >= 0.6 is 0 Å². The highest BCUT2D eigenvalue weighted by molar-refractivity contribution is 6.12. The predicted octanol–water partition coefficient (Wildman–Crippen LogP) is 15.0. The van der Waals surface area contributed by atoms with E-state index in [9.17, 15) is 0 Å². The van der Waals surface area contributed by atoms with Gasteiger partial charge in [-0.2, -0.15) is 0 Å². The quantitative estimate of drug-likeness (QED) is 0.176. The zero-order valence-electron chi connectivity index (χ0n) is 32.1. The SMILES string of the molecule is CC1(C)c2ccccc2-c2ccc(-c3cccc(N(c4ccc(-c5cccc6oc7ccccc7c56)cc4)c4cccc5c4-c4ccccc4C5(C)C)c3)cc21. The van der Waals surface area contributed by atoms with Gasteiger partial charge in [-0.1, -0.05) is 155 Å². The Bertz CT molecular complexity index is 3030. The van der Waals surface area contributed by atoms with Crippen LogP contribution in [0.4, 0.5) is 17.1 Å². The summed E-state index contributed by atoms with van der Waals surface area (Å²) in [5.74, 6) is 0. The van der Waals surface area contributed by atoms with Gasteiger partial charge in [0.1, 0.15) is 11.2 Å². The summed E-state index contributed by atoms with van der Waals surface area (Å²) in [4.78, 5) is 2.46. The predicted molar refractivity (Wildman–Crippen MR) is 234 cm³/mol.